The number of nitrogens with zero attached hydrogens (tertiary/aromatic N) is 2. The molecular formula is C17H25N3. The molecule has 4 saturated carbocycles. The van der Waals surface area contributed by atoms with Crippen LogP contribution in [0.25, 0.3) is 0 Å². The van der Waals surface area contributed by atoms with E-state index in [9.17, 15) is 0 Å². The number of nitrogen functional groups attached to an aromatic ring is 1. The molecule has 1 aromatic heterocycles. The Kier molecular flexibility index (Phi) is 2.64. The fourth-order valence-corrected chi connectivity index (χ4v) is 5.68. The van der Waals surface area contributed by atoms with Crippen LogP contribution in [0.4, 0.5) is 5.82 Å². The van der Waals surface area contributed by atoms with Gasteiger partial charge in [0, 0.05) is 16.7 Å². The van der Waals surface area contributed by atoms with Crippen LogP contribution in [-0.2, 0) is 11.8 Å². The van der Waals surface area contributed by atoms with Crippen molar-refractivity contribution in [1.29, 1.82) is 0 Å². The summed E-state index contributed by atoms with van der Waals surface area (Å²) >= 11 is 0. The second kappa shape index (κ2) is 4.19. The van der Waals surface area contributed by atoms with Crippen molar-refractivity contribution in [2.45, 2.75) is 64.2 Å². The lowest BCUT2D eigenvalue weighted by atomic mass is 9.49. The van der Waals surface area contributed by atoms with Gasteiger partial charge in [-0.05, 0) is 69.6 Å². The lowest BCUT2D eigenvalue weighted by Gasteiger charge is -2.56. The smallest absolute Gasteiger partial charge is 0.137 e. The number of rotatable bonds is 2. The quantitative estimate of drug-likeness (QED) is 0.897. The molecule has 0 aliphatic heterocycles. The van der Waals surface area contributed by atoms with Crippen molar-refractivity contribution >= 4 is 5.82 Å². The third-order valence-corrected chi connectivity index (χ3v) is 6.11. The second-order valence-electron chi connectivity index (χ2n) is 7.55. The van der Waals surface area contributed by atoms with E-state index in [2.05, 4.69) is 13.8 Å². The first-order chi connectivity index (χ1) is 9.59. The summed E-state index contributed by atoms with van der Waals surface area (Å²) < 4.78 is 0. The van der Waals surface area contributed by atoms with Gasteiger partial charge in [0.15, 0.2) is 0 Å². The van der Waals surface area contributed by atoms with Crippen LogP contribution in [0, 0.1) is 24.7 Å². The van der Waals surface area contributed by atoms with Gasteiger partial charge >= 0.3 is 0 Å². The fraction of sp³-hybridized carbons (Fsp3) is 0.765. The lowest BCUT2D eigenvalue weighted by Crippen LogP contribution is -2.49. The summed E-state index contributed by atoms with van der Waals surface area (Å²) in [5, 5.41) is 0. The first kappa shape index (κ1) is 12.6. The highest BCUT2D eigenvalue weighted by Gasteiger charge is 2.53. The molecule has 0 saturated heterocycles. The molecule has 5 rings (SSSR count). The van der Waals surface area contributed by atoms with Gasteiger partial charge < -0.3 is 5.73 Å². The Morgan fingerprint density at radius 2 is 1.60 bits per heavy atom. The van der Waals surface area contributed by atoms with Crippen molar-refractivity contribution in [3.05, 3.63) is 17.1 Å². The van der Waals surface area contributed by atoms with E-state index in [1.807, 2.05) is 0 Å². The van der Waals surface area contributed by atoms with E-state index in [1.165, 1.54) is 38.5 Å². The van der Waals surface area contributed by atoms with Gasteiger partial charge in [0.25, 0.3) is 0 Å². The Hall–Kier alpha value is -1.12. The summed E-state index contributed by atoms with van der Waals surface area (Å²) in [6, 6.07) is 0. The molecule has 108 valence electrons. The summed E-state index contributed by atoms with van der Waals surface area (Å²) in [4.78, 5) is 9.67. The number of hydrogen-bond donors (Lipinski definition) is 1. The van der Waals surface area contributed by atoms with Crippen molar-refractivity contribution in [1.82, 2.24) is 9.97 Å². The Balaban J connectivity index is 1.77. The number of nitrogens with two attached hydrogens (primary N) is 1. The van der Waals surface area contributed by atoms with Crippen LogP contribution in [-0.4, -0.2) is 9.97 Å². The van der Waals surface area contributed by atoms with Crippen LogP contribution < -0.4 is 5.73 Å². The lowest BCUT2D eigenvalue weighted by molar-refractivity contribution is -0.00941. The van der Waals surface area contributed by atoms with Crippen molar-refractivity contribution < 1.29 is 0 Å². The first-order valence-corrected chi connectivity index (χ1v) is 8.23. The number of aromatic nitrogens is 2. The summed E-state index contributed by atoms with van der Waals surface area (Å²) in [6.07, 6.45) is 9.23. The highest BCUT2D eigenvalue weighted by atomic mass is 15.0. The number of aryl methyl sites for hydroxylation is 1. The van der Waals surface area contributed by atoms with Gasteiger partial charge in [-0.15, -0.1) is 0 Å². The van der Waals surface area contributed by atoms with E-state index < -0.39 is 0 Å². The standard InChI is InChI=1S/C17H25N3/c1-3-14-10(2)19-16(20-15(14)18)17-7-11-4-12(8-17)6-13(5-11)9-17/h11-13H,3-9H2,1-2H3,(H2,18,19,20). The SMILES string of the molecule is CCc1c(C)nc(C23CC4CC(CC(C4)C2)C3)nc1N. The zero-order valence-corrected chi connectivity index (χ0v) is 12.7. The summed E-state index contributed by atoms with van der Waals surface area (Å²) in [5.74, 6) is 4.58. The van der Waals surface area contributed by atoms with E-state index >= 15 is 0 Å². The predicted molar refractivity (Wildman–Crippen MR) is 80.4 cm³/mol. The Bertz CT molecular complexity index is 491. The van der Waals surface area contributed by atoms with E-state index in [4.69, 9.17) is 15.7 Å². The van der Waals surface area contributed by atoms with Gasteiger partial charge in [-0.1, -0.05) is 6.92 Å². The Labute approximate surface area is 121 Å². The summed E-state index contributed by atoms with van der Waals surface area (Å²) in [7, 11) is 0. The molecule has 1 heterocycles. The molecule has 20 heavy (non-hydrogen) atoms. The number of anilines is 1. The maximum absolute atomic E-state index is 6.20. The third kappa shape index (κ3) is 1.71. The molecule has 4 bridgehead atoms. The average Bonchev–Trinajstić information content (AvgIpc) is 2.36. The average molecular weight is 271 g/mol. The molecule has 3 heteroatoms. The van der Waals surface area contributed by atoms with Crippen LogP contribution in [0.1, 0.15) is 62.5 Å². The van der Waals surface area contributed by atoms with Crippen LogP contribution in [0.5, 0.6) is 0 Å². The van der Waals surface area contributed by atoms with Crippen LogP contribution in [0.3, 0.4) is 0 Å². The van der Waals surface area contributed by atoms with E-state index in [-0.39, 0.29) is 5.41 Å². The maximum atomic E-state index is 6.20. The molecular weight excluding hydrogens is 246 g/mol. The molecule has 4 aliphatic rings. The Morgan fingerprint density at radius 1 is 1.05 bits per heavy atom. The molecule has 0 amide bonds. The third-order valence-electron chi connectivity index (χ3n) is 6.11. The molecule has 0 aromatic carbocycles. The monoisotopic (exact) mass is 271 g/mol. The molecule has 2 N–H and O–H groups in total. The summed E-state index contributed by atoms with van der Waals surface area (Å²) in [5.41, 5.74) is 8.70. The predicted octanol–water partition coefficient (Wildman–Crippen LogP) is 3.40. The molecule has 0 atom stereocenters. The van der Waals surface area contributed by atoms with Gasteiger partial charge in [-0.3, -0.25) is 0 Å². The largest absolute Gasteiger partial charge is 0.383 e. The van der Waals surface area contributed by atoms with Gasteiger partial charge in [0.1, 0.15) is 11.6 Å². The van der Waals surface area contributed by atoms with Gasteiger partial charge in [0.05, 0.1) is 0 Å². The molecule has 4 fully saturated rings. The van der Waals surface area contributed by atoms with E-state index in [0.29, 0.717) is 0 Å². The minimum absolute atomic E-state index is 0.264. The highest BCUT2D eigenvalue weighted by molar-refractivity contribution is 5.43. The van der Waals surface area contributed by atoms with Gasteiger partial charge in [0.2, 0.25) is 0 Å². The fourth-order valence-electron chi connectivity index (χ4n) is 5.68. The second-order valence-corrected chi connectivity index (χ2v) is 7.55. The van der Waals surface area contributed by atoms with Crippen molar-refractivity contribution in [2.24, 2.45) is 17.8 Å². The molecule has 0 spiro atoms. The topological polar surface area (TPSA) is 51.8 Å². The molecule has 0 unspecified atom stereocenters. The Morgan fingerprint density at radius 3 is 2.05 bits per heavy atom. The van der Waals surface area contributed by atoms with Gasteiger partial charge in [-0.2, -0.15) is 0 Å². The zero-order chi connectivity index (χ0) is 13.9. The molecule has 4 aliphatic carbocycles. The number of hydrogen-bond acceptors (Lipinski definition) is 3. The minimum atomic E-state index is 0.264. The van der Waals surface area contributed by atoms with Crippen molar-refractivity contribution in [3.8, 4) is 0 Å². The van der Waals surface area contributed by atoms with Crippen LogP contribution >= 0.6 is 0 Å². The molecule has 3 nitrogen and oxygen atoms in total. The normalized spacial score (nSPS) is 38.4. The minimum Gasteiger partial charge on any atom is -0.383 e. The highest BCUT2D eigenvalue weighted by Crippen LogP contribution is 2.60. The summed E-state index contributed by atoms with van der Waals surface area (Å²) in [6.45, 7) is 4.23. The maximum Gasteiger partial charge on any atom is 0.137 e. The molecule has 1 aromatic rings. The first-order valence-electron chi connectivity index (χ1n) is 8.23. The van der Waals surface area contributed by atoms with Crippen LogP contribution in [0.15, 0.2) is 0 Å². The van der Waals surface area contributed by atoms with E-state index in [1.54, 1.807) is 0 Å². The molecule has 0 radical (unpaired) electrons. The van der Waals surface area contributed by atoms with E-state index in [0.717, 1.165) is 47.1 Å². The van der Waals surface area contributed by atoms with Gasteiger partial charge in [-0.25, -0.2) is 9.97 Å². The van der Waals surface area contributed by atoms with Crippen LogP contribution in [0.2, 0.25) is 0 Å². The van der Waals surface area contributed by atoms with Crippen molar-refractivity contribution in [3.63, 3.8) is 0 Å². The van der Waals surface area contributed by atoms with Crippen molar-refractivity contribution in [2.75, 3.05) is 5.73 Å². The zero-order valence-electron chi connectivity index (χ0n) is 12.7.